The van der Waals surface area contributed by atoms with Gasteiger partial charge < -0.3 is 16.0 Å². The average Bonchev–Trinajstić information content (AvgIpc) is 3.12. The van der Waals surface area contributed by atoms with E-state index >= 15 is 0 Å². The summed E-state index contributed by atoms with van der Waals surface area (Å²) in [5, 5.41) is 7.56. The van der Waals surface area contributed by atoms with Gasteiger partial charge in [0.15, 0.2) is 17.5 Å². The van der Waals surface area contributed by atoms with Gasteiger partial charge in [-0.3, -0.25) is 10.1 Å². The molecule has 1 aliphatic carbocycles. The molecule has 0 radical (unpaired) electrons. The molecule has 0 spiro atoms. The van der Waals surface area contributed by atoms with Gasteiger partial charge in [-0.2, -0.15) is 0 Å². The molecule has 29 heavy (non-hydrogen) atoms. The van der Waals surface area contributed by atoms with E-state index in [1.807, 2.05) is 0 Å². The fraction of sp³-hybridized carbons (Fsp3) is 0.368. The maximum absolute atomic E-state index is 14.6. The van der Waals surface area contributed by atoms with Crippen molar-refractivity contribution in [1.29, 1.82) is 0 Å². The molecule has 0 unspecified atom stereocenters. The first-order valence-electron chi connectivity index (χ1n) is 9.43. The third-order valence-corrected chi connectivity index (χ3v) is 5.36. The van der Waals surface area contributed by atoms with Crippen LogP contribution in [0, 0.1) is 5.82 Å². The van der Waals surface area contributed by atoms with Gasteiger partial charge in [0.25, 0.3) is 0 Å². The molecule has 0 saturated heterocycles. The van der Waals surface area contributed by atoms with Crippen LogP contribution in [0.2, 0.25) is 5.02 Å². The summed E-state index contributed by atoms with van der Waals surface area (Å²) < 4.78 is 14.6. The van der Waals surface area contributed by atoms with E-state index in [-0.39, 0.29) is 12.4 Å². The Morgan fingerprint density at radius 1 is 1.28 bits per heavy atom. The molecule has 8 nitrogen and oxygen atoms in total. The Hall–Kier alpha value is -2.78. The highest BCUT2D eigenvalue weighted by atomic mass is 35.5. The van der Waals surface area contributed by atoms with E-state index < -0.39 is 17.4 Å². The number of hydrogen-bond donors (Lipinski definition) is 4. The number of aromatic nitrogens is 4. The molecule has 152 valence electrons. The lowest BCUT2D eigenvalue weighted by Crippen LogP contribution is -2.55. The molecule has 1 fully saturated rings. The van der Waals surface area contributed by atoms with Gasteiger partial charge in [-0.25, -0.2) is 19.3 Å². The number of carbonyl (C=O) groups is 1. The normalized spacial score (nSPS) is 16.1. The SMILES string of the molecule is NC(=O)CNC1(Nc2nc(-c3c[nH]c4ncc(Cl)cc34)ncc2F)CCCCC1. The molecule has 5 N–H and O–H groups in total. The van der Waals surface area contributed by atoms with Crippen molar-refractivity contribution in [3.8, 4) is 11.4 Å². The molecule has 3 heterocycles. The predicted octanol–water partition coefficient (Wildman–Crippen LogP) is 2.96. The number of primary amides is 1. The monoisotopic (exact) mass is 417 g/mol. The first-order valence-corrected chi connectivity index (χ1v) is 9.81. The minimum atomic E-state index is -0.648. The van der Waals surface area contributed by atoms with Gasteiger partial charge in [-0.05, 0) is 31.7 Å². The van der Waals surface area contributed by atoms with Crippen molar-refractivity contribution in [3.05, 3.63) is 35.5 Å². The lowest BCUT2D eigenvalue weighted by atomic mass is 9.88. The van der Waals surface area contributed by atoms with Crippen molar-refractivity contribution in [2.45, 2.75) is 37.8 Å². The number of halogens is 2. The zero-order valence-corrected chi connectivity index (χ0v) is 16.4. The Kier molecular flexibility index (Phi) is 5.33. The minimum absolute atomic E-state index is 0.000817. The van der Waals surface area contributed by atoms with Crippen LogP contribution in [0.15, 0.2) is 24.7 Å². The number of hydrogen-bond acceptors (Lipinski definition) is 6. The summed E-state index contributed by atoms with van der Waals surface area (Å²) in [6.45, 7) is -0.000817. The minimum Gasteiger partial charge on any atom is -0.369 e. The molecule has 0 aliphatic heterocycles. The van der Waals surface area contributed by atoms with E-state index in [9.17, 15) is 9.18 Å². The molecule has 1 saturated carbocycles. The number of nitrogens with one attached hydrogen (secondary N) is 3. The summed E-state index contributed by atoms with van der Waals surface area (Å²) in [6.07, 6.45) is 8.83. The number of aromatic amines is 1. The maximum atomic E-state index is 14.6. The van der Waals surface area contributed by atoms with Gasteiger partial charge in [-0.15, -0.1) is 0 Å². The number of nitrogens with two attached hydrogens (primary N) is 1. The molecule has 10 heteroatoms. The summed E-state index contributed by atoms with van der Waals surface area (Å²) >= 11 is 6.06. The average molecular weight is 418 g/mol. The Labute approximate surface area is 171 Å². The van der Waals surface area contributed by atoms with Crippen molar-refractivity contribution in [2.24, 2.45) is 5.73 Å². The number of nitrogens with zero attached hydrogens (tertiary/aromatic N) is 3. The van der Waals surface area contributed by atoms with Crippen LogP contribution in [0.25, 0.3) is 22.4 Å². The fourth-order valence-electron chi connectivity index (χ4n) is 3.73. The van der Waals surface area contributed by atoms with Crippen LogP contribution in [0.4, 0.5) is 10.2 Å². The topological polar surface area (TPSA) is 122 Å². The largest absolute Gasteiger partial charge is 0.369 e. The smallest absolute Gasteiger partial charge is 0.231 e. The Bertz CT molecular complexity index is 1050. The number of anilines is 1. The van der Waals surface area contributed by atoms with E-state index in [0.29, 0.717) is 22.1 Å². The number of pyridine rings is 1. The van der Waals surface area contributed by atoms with Crippen molar-refractivity contribution < 1.29 is 9.18 Å². The van der Waals surface area contributed by atoms with Crippen LogP contribution in [-0.4, -0.2) is 38.1 Å². The van der Waals surface area contributed by atoms with Crippen LogP contribution in [0.3, 0.4) is 0 Å². The van der Waals surface area contributed by atoms with Crippen LogP contribution >= 0.6 is 11.6 Å². The summed E-state index contributed by atoms with van der Waals surface area (Å²) in [5.41, 5.74) is 5.95. The zero-order chi connectivity index (χ0) is 20.4. The fourth-order valence-corrected chi connectivity index (χ4v) is 3.89. The van der Waals surface area contributed by atoms with Gasteiger partial charge in [-0.1, -0.05) is 18.0 Å². The van der Waals surface area contributed by atoms with Gasteiger partial charge in [0, 0.05) is 23.3 Å². The van der Waals surface area contributed by atoms with E-state index in [1.54, 1.807) is 18.5 Å². The highest BCUT2D eigenvalue weighted by Gasteiger charge is 2.33. The van der Waals surface area contributed by atoms with E-state index in [4.69, 9.17) is 17.3 Å². The summed E-state index contributed by atoms with van der Waals surface area (Å²) in [6, 6.07) is 1.76. The number of rotatable bonds is 6. The van der Waals surface area contributed by atoms with Crippen LogP contribution in [0.1, 0.15) is 32.1 Å². The van der Waals surface area contributed by atoms with E-state index in [0.717, 1.165) is 43.7 Å². The predicted molar refractivity (Wildman–Crippen MR) is 109 cm³/mol. The number of carbonyl (C=O) groups excluding carboxylic acids is 1. The quantitative estimate of drug-likeness (QED) is 0.457. The molecule has 0 bridgehead atoms. The molecule has 1 amide bonds. The van der Waals surface area contributed by atoms with Gasteiger partial charge in [0.05, 0.1) is 23.4 Å². The molecule has 3 aromatic heterocycles. The lowest BCUT2D eigenvalue weighted by Gasteiger charge is -2.39. The highest BCUT2D eigenvalue weighted by Crippen LogP contribution is 2.32. The highest BCUT2D eigenvalue weighted by molar-refractivity contribution is 6.31. The molecular formula is C19H21ClFN7O. The maximum Gasteiger partial charge on any atom is 0.231 e. The molecular weight excluding hydrogens is 397 g/mol. The second kappa shape index (κ2) is 7.92. The second-order valence-corrected chi connectivity index (χ2v) is 7.67. The third kappa shape index (κ3) is 4.15. The van der Waals surface area contributed by atoms with Crippen molar-refractivity contribution >= 4 is 34.4 Å². The summed E-state index contributed by atoms with van der Waals surface area (Å²) in [7, 11) is 0. The van der Waals surface area contributed by atoms with E-state index in [1.165, 1.54) is 0 Å². The second-order valence-electron chi connectivity index (χ2n) is 7.23. The number of H-pyrrole nitrogens is 1. The van der Waals surface area contributed by atoms with Gasteiger partial charge in [0.2, 0.25) is 5.91 Å². The number of fused-ring (bicyclic) bond motifs is 1. The first-order chi connectivity index (χ1) is 14.0. The molecule has 4 rings (SSSR count). The molecule has 3 aromatic rings. The molecule has 1 aliphatic rings. The van der Waals surface area contributed by atoms with Crippen molar-refractivity contribution in [2.75, 3.05) is 11.9 Å². The summed E-state index contributed by atoms with van der Waals surface area (Å²) in [5.74, 6) is -0.636. The molecule has 0 aromatic carbocycles. The Morgan fingerprint density at radius 3 is 2.83 bits per heavy atom. The van der Waals surface area contributed by atoms with Crippen molar-refractivity contribution in [1.82, 2.24) is 25.3 Å². The molecule has 0 atom stereocenters. The third-order valence-electron chi connectivity index (χ3n) is 5.15. The lowest BCUT2D eigenvalue weighted by molar-refractivity contribution is -0.117. The Morgan fingerprint density at radius 2 is 2.07 bits per heavy atom. The summed E-state index contributed by atoms with van der Waals surface area (Å²) in [4.78, 5) is 27.1. The van der Waals surface area contributed by atoms with Crippen molar-refractivity contribution in [3.63, 3.8) is 0 Å². The standard InChI is InChI=1S/C19H21ClFN7O/c20-11-6-12-13(8-24-16(12)23-7-11)17-25-9-14(21)18(27-17)28-19(26-10-15(22)29)4-2-1-3-5-19/h6-9,26H,1-5,10H2,(H2,22,29)(H,23,24)(H,25,27,28). The van der Waals surface area contributed by atoms with Crippen LogP contribution in [0.5, 0.6) is 0 Å². The Balaban J connectivity index is 1.68. The van der Waals surface area contributed by atoms with Crippen LogP contribution in [-0.2, 0) is 4.79 Å². The number of amides is 1. The zero-order valence-electron chi connectivity index (χ0n) is 15.6. The first kappa shape index (κ1) is 19.5. The van der Waals surface area contributed by atoms with E-state index in [2.05, 4.69) is 30.6 Å². The van der Waals surface area contributed by atoms with Gasteiger partial charge >= 0.3 is 0 Å². The van der Waals surface area contributed by atoms with Gasteiger partial charge in [0.1, 0.15) is 5.65 Å². The van der Waals surface area contributed by atoms with Crippen LogP contribution < -0.4 is 16.4 Å².